The average Bonchev–Trinajstić information content (AvgIpc) is 2.92. The Bertz CT molecular complexity index is 613. The molecule has 1 heterocycles. The number of nitrogens with zero attached hydrogens (tertiary/aromatic N) is 1. The molecule has 1 aromatic heterocycles. The normalized spacial score (nSPS) is 10.3. The molecular formula is C14H15FN2O2S. The van der Waals surface area contributed by atoms with E-state index in [1.807, 2.05) is 6.92 Å². The fourth-order valence-corrected chi connectivity index (χ4v) is 2.45. The maximum atomic E-state index is 13.7. The molecule has 0 aliphatic heterocycles. The zero-order chi connectivity index (χ0) is 14.5. The molecule has 0 aliphatic carbocycles. The summed E-state index contributed by atoms with van der Waals surface area (Å²) >= 11 is 1.54. The molecule has 0 spiro atoms. The Hall–Kier alpha value is -1.95. The van der Waals surface area contributed by atoms with E-state index in [0.717, 1.165) is 16.3 Å². The Balaban J connectivity index is 2.01. The van der Waals surface area contributed by atoms with Crippen LogP contribution in [0.3, 0.4) is 0 Å². The van der Waals surface area contributed by atoms with Gasteiger partial charge in [0.1, 0.15) is 16.6 Å². The van der Waals surface area contributed by atoms with E-state index in [1.165, 1.54) is 19.2 Å². The topological polar surface area (TPSA) is 51.2 Å². The number of nitrogens with one attached hydrogen (secondary N) is 1. The Kier molecular flexibility index (Phi) is 4.68. The molecule has 2 rings (SSSR count). The molecule has 20 heavy (non-hydrogen) atoms. The summed E-state index contributed by atoms with van der Waals surface area (Å²) in [6.45, 7) is 2.34. The van der Waals surface area contributed by atoms with E-state index in [9.17, 15) is 9.18 Å². The van der Waals surface area contributed by atoms with E-state index < -0.39 is 11.7 Å². The van der Waals surface area contributed by atoms with Gasteiger partial charge in [-0.05, 0) is 18.6 Å². The highest BCUT2D eigenvalue weighted by Crippen LogP contribution is 2.17. The number of carbonyl (C=O) groups is 1. The number of ether oxygens (including phenoxy) is 1. The van der Waals surface area contributed by atoms with Crippen molar-refractivity contribution in [1.82, 2.24) is 10.3 Å². The van der Waals surface area contributed by atoms with Gasteiger partial charge in [0.15, 0.2) is 0 Å². The maximum Gasteiger partial charge on any atom is 0.254 e. The first-order valence-electron chi connectivity index (χ1n) is 6.19. The van der Waals surface area contributed by atoms with E-state index >= 15 is 0 Å². The molecule has 6 heteroatoms. The number of amides is 1. The van der Waals surface area contributed by atoms with Crippen molar-refractivity contribution in [3.05, 3.63) is 45.7 Å². The van der Waals surface area contributed by atoms with Gasteiger partial charge in [-0.15, -0.1) is 11.3 Å². The first-order valence-corrected chi connectivity index (χ1v) is 7.01. The zero-order valence-corrected chi connectivity index (χ0v) is 12.1. The number of rotatable bonds is 5. The molecule has 0 saturated carbocycles. The van der Waals surface area contributed by atoms with Crippen LogP contribution in [0.2, 0.25) is 0 Å². The van der Waals surface area contributed by atoms with Gasteiger partial charge < -0.3 is 10.1 Å². The number of hydrogen-bond acceptors (Lipinski definition) is 4. The summed E-state index contributed by atoms with van der Waals surface area (Å²) in [4.78, 5) is 17.2. The van der Waals surface area contributed by atoms with Crippen molar-refractivity contribution < 1.29 is 13.9 Å². The Labute approximate surface area is 120 Å². The average molecular weight is 294 g/mol. The number of benzene rings is 1. The lowest BCUT2D eigenvalue weighted by Crippen LogP contribution is -2.23. The predicted octanol–water partition coefficient (Wildman–Crippen LogP) is 2.78. The monoisotopic (exact) mass is 294 g/mol. The highest BCUT2D eigenvalue weighted by molar-refractivity contribution is 7.11. The molecule has 2 aromatic rings. The van der Waals surface area contributed by atoms with Crippen LogP contribution >= 0.6 is 11.3 Å². The van der Waals surface area contributed by atoms with Crippen molar-refractivity contribution in [2.24, 2.45) is 0 Å². The molecule has 0 atom stereocenters. The van der Waals surface area contributed by atoms with E-state index in [0.29, 0.717) is 12.3 Å². The Morgan fingerprint density at radius 1 is 1.50 bits per heavy atom. The number of halogens is 1. The number of hydrogen-bond donors (Lipinski definition) is 1. The van der Waals surface area contributed by atoms with E-state index in [-0.39, 0.29) is 5.56 Å². The molecule has 0 saturated heterocycles. The third-order valence-electron chi connectivity index (χ3n) is 2.77. The molecule has 0 bridgehead atoms. The lowest BCUT2D eigenvalue weighted by atomic mass is 10.2. The SMILES string of the molecule is CCc1cnc(CNC(=O)c2ccc(OC)cc2F)s1. The largest absolute Gasteiger partial charge is 0.497 e. The molecule has 1 N–H and O–H groups in total. The van der Waals surface area contributed by atoms with Crippen LogP contribution in [0.25, 0.3) is 0 Å². The van der Waals surface area contributed by atoms with Crippen LogP contribution in [0, 0.1) is 5.82 Å². The molecule has 0 fully saturated rings. The summed E-state index contributed by atoms with van der Waals surface area (Å²) in [5, 5.41) is 3.47. The van der Waals surface area contributed by atoms with Crippen molar-refractivity contribution in [1.29, 1.82) is 0 Å². The quantitative estimate of drug-likeness (QED) is 0.922. The van der Waals surface area contributed by atoms with Crippen LogP contribution in [0.1, 0.15) is 27.2 Å². The summed E-state index contributed by atoms with van der Waals surface area (Å²) < 4.78 is 18.6. The fourth-order valence-electron chi connectivity index (χ4n) is 1.65. The third-order valence-corrected chi connectivity index (χ3v) is 3.91. The van der Waals surface area contributed by atoms with Gasteiger partial charge in [-0.3, -0.25) is 4.79 Å². The Morgan fingerprint density at radius 2 is 2.30 bits per heavy atom. The molecule has 0 aliphatic rings. The van der Waals surface area contributed by atoms with Gasteiger partial charge >= 0.3 is 0 Å². The minimum absolute atomic E-state index is 0.00179. The van der Waals surface area contributed by atoms with Gasteiger partial charge in [0, 0.05) is 17.1 Å². The Morgan fingerprint density at radius 3 is 2.90 bits per heavy atom. The molecule has 0 radical (unpaired) electrons. The van der Waals surface area contributed by atoms with E-state index in [4.69, 9.17) is 4.74 Å². The van der Waals surface area contributed by atoms with Crippen molar-refractivity contribution >= 4 is 17.2 Å². The number of methoxy groups -OCH3 is 1. The summed E-state index contributed by atoms with van der Waals surface area (Å²) in [7, 11) is 1.45. The number of thiazole rings is 1. The summed E-state index contributed by atoms with van der Waals surface area (Å²) in [5.74, 6) is -0.680. The maximum absolute atomic E-state index is 13.7. The number of aryl methyl sites for hydroxylation is 1. The molecule has 4 nitrogen and oxygen atoms in total. The molecule has 106 valence electrons. The second kappa shape index (κ2) is 6.47. The van der Waals surface area contributed by atoms with Crippen LogP contribution in [0.15, 0.2) is 24.4 Å². The van der Waals surface area contributed by atoms with Gasteiger partial charge in [0.05, 0.1) is 19.2 Å². The highest BCUT2D eigenvalue weighted by Gasteiger charge is 2.13. The van der Waals surface area contributed by atoms with Crippen molar-refractivity contribution in [3.8, 4) is 5.75 Å². The van der Waals surface area contributed by atoms with Crippen molar-refractivity contribution in [2.45, 2.75) is 19.9 Å². The van der Waals surface area contributed by atoms with E-state index in [2.05, 4.69) is 10.3 Å². The van der Waals surface area contributed by atoms with Crippen molar-refractivity contribution in [3.63, 3.8) is 0 Å². The molecule has 0 unspecified atom stereocenters. The van der Waals surface area contributed by atoms with Crippen molar-refractivity contribution in [2.75, 3.05) is 7.11 Å². The molecular weight excluding hydrogens is 279 g/mol. The first-order chi connectivity index (χ1) is 9.63. The molecule has 1 aromatic carbocycles. The highest BCUT2D eigenvalue weighted by atomic mass is 32.1. The zero-order valence-electron chi connectivity index (χ0n) is 11.3. The van der Waals surface area contributed by atoms with Gasteiger partial charge in [-0.1, -0.05) is 6.92 Å². The minimum Gasteiger partial charge on any atom is -0.497 e. The minimum atomic E-state index is -0.602. The van der Waals surface area contributed by atoms with Crippen LogP contribution in [-0.4, -0.2) is 18.0 Å². The smallest absolute Gasteiger partial charge is 0.254 e. The van der Waals surface area contributed by atoms with Crippen LogP contribution < -0.4 is 10.1 Å². The van der Waals surface area contributed by atoms with Gasteiger partial charge in [0.2, 0.25) is 0 Å². The second-order valence-electron chi connectivity index (χ2n) is 4.10. The van der Waals surface area contributed by atoms with Gasteiger partial charge in [-0.2, -0.15) is 0 Å². The van der Waals surface area contributed by atoms with Crippen LogP contribution in [0.4, 0.5) is 4.39 Å². The standard InChI is InChI=1S/C14H15FN2O2S/c1-3-10-7-16-13(20-10)8-17-14(18)11-5-4-9(19-2)6-12(11)15/h4-7H,3,8H2,1-2H3,(H,17,18). The summed E-state index contributed by atoms with van der Waals surface area (Å²) in [6.07, 6.45) is 2.71. The summed E-state index contributed by atoms with van der Waals surface area (Å²) in [5.41, 5.74) is -0.00179. The summed E-state index contributed by atoms with van der Waals surface area (Å²) in [6, 6.07) is 4.15. The predicted molar refractivity (Wildman–Crippen MR) is 75.6 cm³/mol. The van der Waals surface area contributed by atoms with Gasteiger partial charge in [-0.25, -0.2) is 9.37 Å². The lowest BCUT2D eigenvalue weighted by Gasteiger charge is -2.06. The second-order valence-corrected chi connectivity index (χ2v) is 5.30. The lowest BCUT2D eigenvalue weighted by molar-refractivity contribution is 0.0947. The van der Waals surface area contributed by atoms with Crippen LogP contribution in [0.5, 0.6) is 5.75 Å². The third kappa shape index (κ3) is 3.33. The van der Waals surface area contributed by atoms with E-state index in [1.54, 1.807) is 23.6 Å². The fraction of sp³-hybridized carbons (Fsp3) is 0.286. The molecule has 1 amide bonds. The number of carbonyl (C=O) groups excluding carboxylic acids is 1. The first kappa shape index (κ1) is 14.5. The van der Waals surface area contributed by atoms with Crippen LogP contribution in [-0.2, 0) is 13.0 Å². The number of aromatic nitrogens is 1. The van der Waals surface area contributed by atoms with Gasteiger partial charge in [0.25, 0.3) is 5.91 Å².